The topological polar surface area (TPSA) is 214 Å². The maximum atomic E-state index is 13.0. The highest BCUT2D eigenvalue weighted by Gasteiger charge is 2.30. The molecule has 0 saturated carbocycles. The van der Waals surface area contributed by atoms with Crippen LogP contribution in [0.2, 0.25) is 0 Å². The van der Waals surface area contributed by atoms with Gasteiger partial charge in [0.05, 0.1) is 6.04 Å². The molecule has 0 aliphatic rings. The van der Waals surface area contributed by atoms with Crippen molar-refractivity contribution in [3.8, 4) is 0 Å². The number of thioether (sulfide) groups is 1. The number of carbonyl (C=O) groups is 5. The van der Waals surface area contributed by atoms with E-state index in [2.05, 4.69) is 16.0 Å². The van der Waals surface area contributed by atoms with Crippen LogP contribution < -0.4 is 27.4 Å². The lowest BCUT2D eigenvalue weighted by Gasteiger charge is -2.25. The fourth-order valence-corrected chi connectivity index (χ4v) is 3.68. The van der Waals surface area contributed by atoms with Crippen molar-refractivity contribution >= 4 is 41.4 Å². The smallest absolute Gasteiger partial charge is 0.326 e. The van der Waals surface area contributed by atoms with E-state index in [0.717, 1.165) is 0 Å². The molecule has 202 valence electrons. The van der Waals surface area contributed by atoms with Gasteiger partial charge < -0.3 is 37.6 Å². The van der Waals surface area contributed by atoms with Crippen LogP contribution in [0, 0.1) is 5.92 Å². The molecular formula is C22H41N5O7S. The van der Waals surface area contributed by atoms with Crippen LogP contribution in [0.1, 0.15) is 58.8 Å². The van der Waals surface area contributed by atoms with Crippen molar-refractivity contribution < 1.29 is 34.2 Å². The predicted molar refractivity (Wildman–Crippen MR) is 134 cm³/mol. The van der Waals surface area contributed by atoms with Crippen molar-refractivity contribution in [2.45, 2.75) is 83.0 Å². The number of unbranched alkanes of at least 4 members (excludes halogenated alkanes) is 1. The van der Waals surface area contributed by atoms with Gasteiger partial charge in [-0.1, -0.05) is 13.8 Å². The van der Waals surface area contributed by atoms with Crippen molar-refractivity contribution in [1.29, 1.82) is 0 Å². The Labute approximate surface area is 210 Å². The highest BCUT2D eigenvalue weighted by molar-refractivity contribution is 7.98. The average Bonchev–Trinajstić information content (AvgIpc) is 2.78. The molecule has 0 aliphatic heterocycles. The van der Waals surface area contributed by atoms with Crippen molar-refractivity contribution in [3.63, 3.8) is 0 Å². The summed E-state index contributed by atoms with van der Waals surface area (Å²) in [6.45, 7) is 3.99. The zero-order chi connectivity index (χ0) is 27.0. The van der Waals surface area contributed by atoms with Crippen LogP contribution >= 0.6 is 11.8 Å². The Morgan fingerprint density at radius 1 is 0.829 bits per heavy atom. The second kappa shape index (κ2) is 18.0. The minimum atomic E-state index is -1.30. The van der Waals surface area contributed by atoms with Crippen molar-refractivity contribution in [1.82, 2.24) is 16.0 Å². The Morgan fingerprint density at radius 3 is 1.86 bits per heavy atom. The van der Waals surface area contributed by atoms with E-state index >= 15 is 0 Å². The Morgan fingerprint density at radius 2 is 1.37 bits per heavy atom. The first kappa shape index (κ1) is 32.6. The molecule has 3 amide bonds. The molecule has 0 aromatic carbocycles. The molecule has 0 aromatic rings. The van der Waals surface area contributed by atoms with Gasteiger partial charge in [0.1, 0.15) is 18.1 Å². The Balaban J connectivity index is 5.54. The number of nitrogens with two attached hydrogens (primary N) is 2. The molecule has 4 unspecified atom stereocenters. The van der Waals surface area contributed by atoms with Gasteiger partial charge in [-0.25, -0.2) is 4.79 Å². The van der Waals surface area contributed by atoms with Gasteiger partial charge in [0.15, 0.2) is 0 Å². The third kappa shape index (κ3) is 14.6. The van der Waals surface area contributed by atoms with E-state index < -0.39 is 60.2 Å². The van der Waals surface area contributed by atoms with E-state index in [4.69, 9.17) is 16.6 Å². The quantitative estimate of drug-likeness (QED) is 0.110. The van der Waals surface area contributed by atoms with E-state index in [-0.39, 0.29) is 25.2 Å². The standard InChI is InChI=1S/C22H41N5O7S/c1-13(2)12-17(22(33)34)27-21(32)16(7-8-18(28)29)26-20(31)15(6-4-5-10-23)25-19(30)14(24)9-11-35-3/h13-17H,4-12,23-24H2,1-3H3,(H,25,30)(H,26,31)(H,27,32)(H,28,29)(H,33,34). The molecule has 0 rings (SSSR count). The van der Waals surface area contributed by atoms with Gasteiger partial charge >= 0.3 is 11.9 Å². The third-order valence-corrected chi connectivity index (χ3v) is 5.80. The number of carboxylic acid groups (broad SMARTS) is 2. The molecular weight excluding hydrogens is 478 g/mol. The van der Waals surface area contributed by atoms with Crippen LogP contribution in [-0.4, -0.2) is 82.6 Å². The minimum Gasteiger partial charge on any atom is -0.481 e. The summed E-state index contributed by atoms with van der Waals surface area (Å²) < 4.78 is 0. The minimum absolute atomic E-state index is 0.0269. The number of rotatable bonds is 19. The Kier molecular flexibility index (Phi) is 16.7. The van der Waals surface area contributed by atoms with Crippen LogP contribution in [0.4, 0.5) is 0 Å². The van der Waals surface area contributed by atoms with Crippen LogP contribution in [-0.2, 0) is 24.0 Å². The molecule has 12 nitrogen and oxygen atoms in total. The number of amides is 3. The van der Waals surface area contributed by atoms with Gasteiger partial charge in [-0.2, -0.15) is 11.8 Å². The maximum absolute atomic E-state index is 13.0. The summed E-state index contributed by atoms with van der Waals surface area (Å²) in [5, 5.41) is 25.9. The summed E-state index contributed by atoms with van der Waals surface area (Å²) in [4.78, 5) is 60.9. The monoisotopic (exact) mass is 519 g/mol. The summed E-state index contributed by atoms with van der Waals surface area (Å²) in [6, 6.07) is -4.32. The van der Waals surface area contributed by atoms with Gasteiger partial charge in [-0.3, -0.25) is 19.2 Å². The second-order valence-corrected chi connectivity index (χ2v) is 9.74. The highest BCUT2D eigenvalue weighted by Crippen LogP contribution is 2.09. The lowest BCUT2D eigenvalue weighted by Crippen LogP contribution is -2.57. The Hall–Kier alpha value is -2.38. The third-order valence-electron chi connectivity index (χ3n) is 5.15. The molecule has 0 fully saturated rings. The zero-order valence-electron chi connectivity index (χ0n) is 20.7. The molecule has 9 N–H and O–H groups in total. The first-order valence-corrected chi connectivity index (χ1v) is 13.1. The predicted octanol–water partition coefficient (Wildman–Crippen LogP) is -0.354. The number of hydrogen-bond acceptors (Lipinski definition) is 8. The largest absolute Gasteiger partial charge is 0.481 e. The van der Waals surface area contributed by atoms with Gasteiger partial charge in [0, 0.05) is 6.42 Å². The lowest BCUT2D eigenvalue weighted by atomic mass is 10.0. The summed E-state index contributed by atoms with van der Waals surface area (Å²) in [7, 11) is 0. The number of hydrogen-bond donors (Lipinski definition) is 7. The lowest BCUT2D eigenvalue weighted by molar-refractivity contribution is -0.143. The number of aliphatic carboxylic acids is 2. The zero-order valence-corrected chi connectivity index (χ0v) is 21.6. The van der Waals surface area contributed by atoms with E-state index in [0.29, 0.717) is 31.6 Å². The summed E-state index contributed by atoms with van der Waals surface area (Å²) in [5.74, 6) is -3.78. The molecule has 0 heterocycles. The van der Waals surface area contributed by atoms with Gasteiger partial charge in [0.25, 0.3) is 0 Å². The molecule has 0 bridgehead atoms. The van der Waals surface area contributed by atoms with Crippen LogP contribution in [0.25, 0.3) is 0 Å². The van der Waals surface area contributed by atoms with Crippen molar-refractivity contribution in [3.05, 3.63) is 0 Å². The van der Waals surface area contributed by atoms with E-state index in [1.54, 1.807) is 13.8 Å². The SMILES string of the molecule is CSCCC(N)C(=O)NC(CCCCN)C(=O)NC(CCC(=O)O)C(=O)NC(CC(C)C)C(=O)O. The van der Waals surface area contributed by atoms with E-state index in [9.17, 15) is 29.1 Å². The molecule has 13 heteroatoms. The highest BCUT2D eigenvalue weighted by atomic mass is 32.2. The molecule has 0 aliphatic carbocycles. The molecule has 0 radical (unpaired) electrons. The average molecular weight is 520 g/mol. The van der Waals surface area contributed by atoms with Crippen LogP contribution in [0.15, 0.2) is 0 Å². The maximum Gasteiger partial charge on any atom is 0.326 e. The second-order valence-electron chi connectivity index (χ2n) is 8.76. The molecule has 0 saturated heterocycles. The van der Waals surface area contributed by atoms with Crippen molar-refractivity contribution in [2.75, 3.05) is 18.6 Å². The first-order chi connectivity index (χ1) is 16.4. The van der Waals surface area contributed by atoms with E-state index in [1.165, 1.54) is 11.8 Å². The number of carbonyl (C=O) groups excluding carboxylic acids is 3. The molecule has 0 aromatic heterocycles. The molecule has 0 spiro atoms. The van der Waals surface area contributed by atoms with Gasteiger partial charge in [-0.05, 0) is 63.0 Å². The molecule has 35 heavy (non-hydrogen) atoms. The Bertz CT molecular complexity index is 708. The van der Waals surface area contributed by atoms with Crippen LogP contribution in [0.3, 0.4) is 0 Å². The summed E-state index contributed by atoms with van der Waals surface area (Å²) >= 11 is 1.53. The van der Waals surface area contributed by atoms with Gasteiger partial charge in [0.2, 0.25) is 17.7 Å². The molecule has 4 atom stereocenters. The van der Waals surface area contributed by atoms with E-state index in [1.807, 2.05) is 6.26 Å². The first-order valence-electron chi connectivity index (χ1n) is 11.7. The fourth-order valence-electron chi connectivity index (χ4n) is 3.19. The normalized spacial score (nSPS) is 14.5. The van der Waals surface area contributed by atoms with Gasteiger partial charge in [-0.15, -0.1) is 0 Å². The number of carboxylic acids is 2. The summed E-state index contributed by atoms with van der Waals surface area (Å²) in [5.41, 5.74) is 11.4. The summed E-state index contributed by atoms with van der Waals surface area (Å²) in [6.07, 6.45) is 3.15. The number of nitrogens with one attached hydrogen (secondary N) is 3. The van der Waals surface area contributed by atoms with Crippen LogP contribution in [0.5, 0.6) is 0 Å². The van der Waals surface area contributed by atoms with Crippen molar-refractivity contribution in [2.24, 2.45) is 17.4 Å². The fraction of sp³-hybridized carbons (Fsp3) is 0.773.